The number of hydrogen-bond donors (Lipinski definition) is 2. The Kier molecular flexibility index (Phi) is 5.52. The topological polar surface area (TPSA) is 58.2 Å². The van der Waals surface area contributed by atoms with Gasteiger partial charge in [-0.1, -0.05) is 32.0 Å². The first-order chi connectivity index (χ1) is 8.85. The largest absolute Gasteiger partial charge is 0.317 e. The molecule has 4 nitrogen and oxygen atoms in total. The molecule has 0 aliphatic rings. The van der Waals surface area contributed by atoms with Crippen molar-refractivity contribution >= 4 is 10.0 Å². The number of rotatable bonds is 6. The van der Waals surface area contributed by atoms with Crippen LogP contribution >= 0.6 is 0 Å². The zero-order valence-electron chi connectivity index (χ0n) is 12.3. The third-order valence-corrected chi connectivity index (χ3v) is 5.04. The van der Waals surface area contributed by atoms with E-state index in [9.17, 15) is 8.42 Å². The molecule has 0 saturated carbocycles. The lowest BCUT2D eigenvalue weighted by Gasteiger charge is -2.29. The lowest BCUT2D eigenvalue weighted by Crippen LogP contribution is -2.33. The third-order valence-electron chi connectivity index (χ3n) is 3.55. The van der Waals surface area contributed by atoms with Crippen LogP contribution in [0.1, 0.15) is 32.3 Å². The highest BCUT2D eigenvalue weighted by atomic mass is 32.2. The molecule has 5 heteroatoms. The summed E-state index contributed by atoms with van der Waals surface area (Å²) in [5, 5.41) is 3.23. The zero-order chi connectivity index (χ0) is 14.6. The molecule has 0 bridgehead atoms. The molecule has 0 aliphatic heterocycles. The molecule has 0 fully saturated rings. The first-order valence-corrected chi connectivity index (χ1v) is 8.03. The predicted molar refractivity (Wildman–Crippen MR) is 78.8 cm³/mol. The molecular weight excluding hydrogens is 260 g/mol. The second kappa shape index (κ2) is 6.50. The number of likely N-dealkylation sites (N-methyl/N-ethyl adjacent to an activating group) is 1. The summed E-state index contributed by atoms with van der Waals surface area (Å²) in [5.74, 6) is 0.486. The van der Waals surface area contributed by atoms with Gasteiger partial charge in [-0.15, -0.1) is 0 Å². The van der Waals surface area contributed by atoms with Crippen molar-refractivity contribution in [1.29, 1.82) is 0 Å². The van der Waals surface area contributed by atoms with Gasteiger partial charge >= 0.3 is 0 Å². The Labute approximate surface area is 116 Å². The Hall–Kier alpha value is -0.910. The number of sulfonamides is 1. The van der Waals surface area contributed by atoms with Gasteiger partial charge in [-0.25, -0.2) is 13.1 Å². The summed E-state index contributed by atoms with van der Waals surface area (Å²) in [7, 11) is -0.0864. The van der Waals surface area contributed by atoms with Crippen molar-refractivity contribution in [1.82, 2.24) is 10.0 Å². The molecule has 1 aromatic rings. The third kappa shape index (κ3) is 3.55. The van der Waals surface area contributed by atoms with Crippen LogP contribution in [0.5, 0.6) is 0 Å². The van der Waals surface area contributed by atoms with Gasteiger partial charge in [0.25, 0.3) is 0 Å². The summed E-state index contributed by atoms with van der Waals surface area (Å²) in [6.45, 7) is 6.30. The summed E-state index contributed by atoms with van der Waals surface area (Å²) in [5.41, 5.74) is 0.869. The summed E-state index contributed by atoms with van der Waals surface area (Å²) >= 11 is 0. The Balaban J connectivity index is 3.40. The van der Waals surface area contributed by atoms with E-state index in [1.165, 1.54) is 7.05 Å². The van der Waals surface area contributed by atoms with Crippen LogP contribution in [0.15, 0.2) is 29.2 Å². The maximum atomic E-state index is 12.1. The minimum absolute atomic E-state index is 0.143. The van der Waals surface area contributed by atoms with Crippen molar-refractivity contribution < 1.29 is 8.42 Å². The smallest absolute Gasteiger partial charge is 0.240 e. The van der Waals surface area contributed by atoms with Crippen LogP contribution in [-0.4, -0.2) is 28.6 Å². The quantitative estimate of drug-likeness (QED) is 0.839. The van der Waals surface area contributed by atoms with Crippen molar-refractivity contribution in [2.75, 3.05) is 14.1 Å². The SMILES string of the molecule is CNC(C)C(c1ccccc1S(=O)(=O)NC)C(C)C. The van der Waals surface area contributed by atoms with Gasteiger partial charge in [0, 0.05) is 12.0 Å². The highest BCUT2D eigenvalue weighted by Gasteiger charge is 2.27. The molecule has 1 rings (SSSR count). The van der Waals surface area contributed by atoms with Crippen LogP contribution in [-0.2, 0) is 10.0 Å². The number of nitrogens with one attached hydrogen (secondary N) is 2. The first kappa shape index (κ1) is 16.1. The van der Waals surface area contributed by atoms with Gasteiger partial charge in [-0.2, -0.15) is 0 Å². The van der Waals surface area contributed by atoms with Crippen LogP contribution < -0.4 is 10.0 Å². The fourth-order valence-corrected chi connectivity index (χ4v) is 3.49. The highest BCUT2D eigenvalue weighted by Crippen LogP contribution is 2.32. The second-order valence-corrected chi connectivity index (χ2v) is 6.95. The second-order valence-electron chi connectivity index (χ2n) is 5.09. The molecule has 19 heavy (non-hydrogen) atoms. The minimum atomic E-state index is -3.43. The monoisotopic (exact) mass is 284 g/mol. The van der Waals surface area contributed by atoms with Crippen LogP contribution in [0, 0.1) is 5.92 Å². The van der Waals surface area contributed by atoms with Gasteiger partial charge < -0.3 is 5.32 Å². The summed E-state index contributed by atoms with van der Waals surface area (Å²) in [6, 6.07) is 7.42. The van der Waals surface area contributed by atoms with Gasteiger partial charge in [0.1, 0.15) is 0 Å². The average Bonchev–Trinajstić information content (AvgIpc) is 2.38. The number of hydrogen-bond acceptors (Lipinski definition) is 3. The summed E-state index contributed by atoms with van der Waals surface area (Å²) in [6.07, 6.45) is 0. The van der Waals surface area contributed by atoms with Gasteiger partial charge in [0.05, 0.1) is 4.90 Å². The Morgan fingerprint density at radius 1 is 1.05 bits per heavy atom. The fourth-order valence-electron chi connectivity index (χ4n) is 2.50. The molecule has 2 N–H and O–H groups in total. The maximum absolute atomic E-state index is 12.1. The van der Waals surface area contributed by atoms with Gasteiger partial charge in [-0.05, 0) is 38.6 Å². The maximum Gasteiger partial charge on any atom is 0.240 e. The van der Waals surface area contributed by atoms with Crippen molar-refractivity contribution in [3.63, 3.8) is 0 Å². The molecule has 0 saturated heterocycles. The van der Waals surface area contributed by atoms with E-state index < -0.39 is 10.0 Å². The van der Waals surface area contributed by atoms with Gasteiger partial charge in [0.15, 0.2) is 0 Å². The molecule has 2 atom stereocenters. The summed E-state index contributed by atoms with van der Waals surface area (Å²) < 4.78 is 26.7. The fraction of sp³-hybridized carbons (Fsp3) is 0.571. The Morgan fingerprint density at radius 3 is 2.11 bits per heavy atom. The van der Waals surface area contributed by atoms with E-state index >= 15 is 0 Å². The molecule has 0 amide bonds. The molecule has 1 aromatic carbocycles. The van der Waals surface area contributed by atoms with Crippen LogP contribution in [0.3, 0.4) is 0 Å². The van der Waals surface area contributed by atoms with E-state index in [4.69, 9.17) is 0 Å². The normalized spacial score (nSPS) is 15.5. The van der Waals surface area contributed by atoms with Crippen LogP contribution in [0.2, 0.25) is 0 Å². The molecular formula is C14H24N2O2S. The Bertz CT molecular complexity index is 512. The van der Waals surface area contributed by atoms with Crippen molar-refractivity contribution in [3.8, 4) is 0 Å². The van der Waals surface area contributed by atoms with E-state index in [0.717, 1.165) is 5.56 Å². The molecule has 2 unspecified atom stereocenters. The van der Waals surface area contributed by atoms with E-state index in [1.807, 2.05) is 19.2 Å². The zero-order valence-corrected chi connectivity index (χ0v) is 13.1. The molecule has 0 radical (unpaired) electrons. The van der Waals surface area contributed by atoms with Gasteiger partial charge in [-0.3, -0.25) is 0 Å². The van der Waals surface area contributed by atoms with Crippen LogP contribution in [0.25, 0.3) is 0 Å². The molecule has 0 spiro atoms. The minimum Gasteiger partial charge on any atom is -0.317 e. The Morgan fingerprint density at radius 2 is 1.63 bits per heavy atom. The van der Waals surface area contributed by atoms with Crippen molar-refractivity contribution in [2.24, 2.45) is 5.92 Å². The molecule has 0 aromatic heterocycles. The number of benzene rings is 1. The molecule has 108 valence electrons. The highest BCUT2D eigenvalue weighted by molar-refractivity contribution is 7.89. The van der Waals surface area contributed by atoms with Crippen molar-refractivity contribution in [3.05, 3.63) is 29.8 Å². The van der Waals surface area contributed by atoms with Crippen LogP contribution in [0.4, 0.5) is 0 Å². The predicted octanol–water partition coefficient (Wildman–Crippen LogP) is 1.94. The first-order valence-electron chi connectivity index (χ1n) is 6.54. The summed E-state index contributed by atoms with van der Waals surface area (Å²) in [4.78, 5) is 0.373. The lowest BCUT2D eigenvalue weighted by atomic mass is 9.83. The standard InChI is InChI=1S/C14H24N2O2S/c1-10(2)14(11(3)15-4)12-8-6-7-9-13(12)19(17,18)16-5/h6-11,14-16H,1-5H3. The van der Waals surface area contributed by atoms with E-state index in [-0.39, 0.29) is 12.0 Å². The van der Waals surface area contributed by atoms with Crippen molar-refractivity contribution in [2.45, 2.75) is 37.6 Å². The molecule has 0 heterocycles. The van der Waals surface area contributed by atoms with Gasteiger partial charge in [0.2, 0.25) is 10.0 Å². The van der Waals surface area contributed by atoms with E-state index in [0.29, 0.717) is 10.8 Å². The molecule has 0 aliphatic carbocycles. The average molecular weight is 284 g/mol. The van der Waals surface area contributed by atoms with E-state index in [2.05, 4.69) is 30.8 Å². The van der Waals surface area contributed by atoms with E-state index in [1.54, 1.807) is 12.1 Å². The lowest BCUT2D eigenvalue weighted by molar-refractivity contribution is 0.390.